The smallest absolute Gasteiger partial charge is 0.235 e. The van der Waals surface area contributed by atoms with E-state index in [4.69, 9.17) is 16.5 Å². The normalized spacial score (nSPS) is 12.4. The van der Waals surface area contributed by atoms with Gasteiger partial charge < -0.3 is 4.40 Å². The third kappa shape index (κ3) is 4.50. The lowest BCUT2D eigenvalue weighted by molar-refractivity contribution is 1.02. The van der Waals surface area contributed by atoms with Crippen LogP contribution in [0.5, 0.6) is 0 Å². The maximum Gasteiger partial charge on any atom is 0.235 e. The summed E-state index contributed by atoms with van der Waals surface area (Å²) in [7, 11) is 0. The predicted octanol–water partition coefficient (Wildman–Crippen LogP) is 14.3. The molecule has 0 aliphatic heterocycles. The number of rotatable bonds is 4. The van der Waals surface area contributed by atoms with Gasteiger partial charge in [-0.3, -0.25) is 4.57 Å². The Kier molecular flexibility index (Phi) is 6.93. The van der Waals surface area contributed by atoms with Gasteiger partial charge in [-0.05, 0) is 76.5 Å². The molecule has 8 aromatic carbocycles. The first-order chi connectivity index (χ1) is 29.7. The van der Waals surface area contributed by atoms with Gasteiger partial charge in [0.15, 0.2) is 0 Å². The number of nitrogens with zero attached hydrogens (tertiary/aromatic N) is 4. The van der Waals surface area contributed by atoms with E-state index in [1.807, 2.05) is 11.3 Å². The molecule has 0 radical (unpaired) electrons. The van der Waals surface area contributed by atoms with Gasteiger partial charge in [0.05, 0.1) is 38.8 Å². The Labute approximate surface area is 348 Å². The Morgan fingerprint density at radius 3 is 2.12 bits per heavy atom. The zero-order valence-electron chi connectivity index (χ0n) is 32.6. The summed E-state index contributed by atoms with van der Waals surface area (Å²) in [6, 6.07) is 59.0. The standard InChI is InChI=1S/C55H34N4S/c1-3-15-40-42-30-43-38-21-11-12-27-48(38)60-49(43)31-47(42)58-45-25-14-26-46-51(45)50-35(32(2)54(40)58)23-13-24-44(50)59(46)55-56-52-37-20-8-7-18-34(37)28-29-41(52)53(57-55)39-22-10-9-19-36(39)33-16-5-4-6-17-33/h3-31H,2H2,1H3/b15-3-. The number of aromatic nitrogens is 4. The van der Waals surface area contributed by atoms with Crippen LogP contribution in [-0.2, 0) is 0 Å². The molecule has 13 rings (SSSR count). The highest BCUT2D eigenvalue weighted by atomic mass is 32.1. The van der Waals surface area contributed by atoms with Crippen LogP contribution in [-0.4, -0.2) is 18.9 Å². The number of benzene rings is 8. The Bertz CT molecular complexity index is 4040. The topological polar surface area (TPSA) is 35.1 Å². The molecule has 0 amide bonds. The van der Waals surface area contributed by atoms with E-state index < -0.39 is 0 Å². The van der Waals surface area contributed by atoms with Crippen molar-refractivity contribution in [3.63, 3.8) is 0 Å². The van der Waals surface area contributed by atoms with Crippen LogP contribution in [0.3, 0.4) is 0 Å². The minimum absolute atomic E-state index is 0.636. The first kappa shape index (κ1) is 33.4. The third-order valence-corrected chi connectivity index (χ3v) is 13.7. The Morgan fingerprint density at radius 1 is 0.533 bits per heavy atom. The molecule has 0 fully saturated rings. The summed E-state index contributed by atoms with van der Waals surface area (Å²) in [5.41, 5.74) is 11.9. The number of thiophene rings is 1. The predicted molar refractivity (Wildman–Crippen MR) is 257 cm³/mol. The average molecular weight is 783 g/mol. The zero-order chi connectivity index (χ0) is 39.6. The van der Waals surface area contributed by atoms with Crippen molar-refractivity contribution in [1.29, 1.82) is 0 Å². The molecule has 13 aromatic rings. The lowest BCUT2D eigenvalue weighted by Gasteiger charge is -2.16. The first-order valence-electron chi connectivity index (χ1n) is 20.4. The van der Waals surface area contributed by atoms with E-state index >= 15 is 0 Å². The molecule has 280 valence electrons. The number of hydrogen-bond acceptors (Lipinski definition) is 3. The van der Waals surface area contributed by atoms with Gasteiger partial charge in [0.25, 0.3) is 0 Å². The van der Waals surface area contributed by atoms with Crippen molar-refractivity contribution in [1.82, 2.24) is 18.9 Å². The fourth-order valence-corrected chi connectivity index (χ4v) is 11.1. The van der Waals surface area contributed by atoms with E-state index in [0.29, 0.717) is 5.95 Å². The van der Waals surface area contributed by atoms with Crippen LogP contribution in [0, 0.1) is 0 Å². The summed E-state index contributed by atoms with van der Waals surface area (Å²) in [6.07, 6.45) is 4.42. The largest absolute Gasteiger partial charge is 0.308 e. The van der Waals surface area contributed by atoms with E-state index in [-0.39, 0.29) is 0 Å². The SMILES string of the molecule is C=c1c2cccc3c2c2c(cccc2n2c1c(/C=C\C)c1cc4c(cc12)sc1ccccc14)n3-c1nc(-c2ccccc2-c2ccccc2)c2ccc3ccccc3c2n1. The molecule has 0 unspecified atom stereocenters. The van der Waals surface area contributed by atoms with E-state index in [1.54, 1.807) is 0 Å². The summed E-state index contributed by atoms with van der Waals surface area (Å²) >= 11 is 1.86. The van der Waals surface area contributed by atoms with Crippen molar-refractivity contribution in [2.24, 2.45) is 0 Å². The fourth-order valence-electron chi connectivity index (χ4n) is 10.00. The molecule has 0 N–H and O–H groups in total. The van der Waals surface area contributed by atoms with Crippen LogP contribution in [0.25, 0.3) is 132 Å². The minimum Gasteiger partial charge on any atom is -0.308 e. The van der Waals surface area contributed by atoms with Gasteiger partial charge in [-0.1, -0.05) is 140 Å². The number of hydrogen-bond donors (Lipinski definition) is 0. The van der Waals surface area contributed by atoms with Gasteiger partial charge in [-0.2, -0.15) is 0 Å². The van der Waals surface area contributed by atoms with E-state index in [0.717, 1.165) is 87.5 Å². The molecule has 0 aliphatic carbocycles. The highest BCUT2D eigenvalue weighted by molar-refractivity contribution is 7.25. The van der Waals surface area contributed by atoms with E-state index in [1.165, 1.54) is 36.6 Å². The quantitative estimate of drug-likeness (QED) is 0.167. The third-order valence-electron chi connectivity index (χ3n) is 12.5. The van der Waals surface area contributed by atoms with Crippen molar-refractivity contribution in [3.05, 3.63) is 181 Å². The maximum atomic E-state index is 5.62. The van der Waals surface area contributed by atoms with Crippen molar-refractivity contribution in [3.8, 4) is 28.3 Å². The monoisotopic (exact) mass is 782 g/mol. The Hall–Kier alpha value is -7.60. The molecule has 4 nitrogen and oxygen atoms in total. The average Bonchev–Trinajstić information content (AvgIpc) is 3.92. The zero-order valence-corrected chi connectivity index (χ0v) is 33.5. The van der Waals surface area contributed by atoms with E-state index in [2.05, 4.69) is 192 Å². The van der Waals surface area contributed by atoms with Crippen LogP contribution in [0.4, 0.5) is 0 Å². The van der Waals surface area contributed by atoms with Crippen LogP contribution >= 0.6 is 11.3 Å². The Morgan fingerprint density at radius 2 is 1.25 bits per heavy atom. The summed E-state index contributed by atoms with van der Waals surface area (Å²) < 4.78 is 7.34. The summed E-state index contributed by atoms with van der Waals surface area (Å²) in [5.74, 6) is 0.636. The highest BCUT2D eigenvalue weighted by Gasteiger charge is 2.24. The molecular weight excluding hydrogens is 749 g/mol. The lowest BCUT2D eigenvalue weighted by atomic mass is 9.95. The molecule has 0 aliphatic rings. The second kappa shape index (κ2) is 12.5. The van der Waals surface area contributed by atoms with Crippen molar-refractivity contribution < 1.29 is 0 Å². The minimum atomic E-state index is 0.636. The lowest BCUT2D eigenvalue weighted by Crippen LogP contribution is -2.05. The fraction of sp³-hybridized carbons (Fsp3) is 0.0182. The molecular formula is C55H34N4S. The molecule has 0 atom stereocenters. The van der Waals surface area contributed by atoms with Crippen LogP contribution in [0.1, 0.15) is 12.5 Å². The first-order valence-corrected chi connectivity index (χ1v) is 21.2. The van der Waals surface area contributed by atoms with Crippen molar-refractivity contribution in [2.45, 2.75) is 6.92 Å². The molecule has 0 saturated carbocycles. The second-order valence-corrected chi connectivity index (χ2v) is 16.8. The second-order valence-electron chi connectivity index (χ2n) is 15.7. The summed E-state index contributed by atoms with van der Waals surface area (Å²) in [6.45, 7) is 7.02. The van der Waals surface area contributed by atoms with Gasteiger partial charge in [0.1, 0.15) is 0 Å². The van der Waals surface area contributed by atoms with Gasteiger partial charge in [0.2, 0.25) is 5.95 Å². The number of allylic oxidation sites excluding steroid dienone is 1. The van der Waals surface area contributed by atoms with Crippen molar-refractivity contribution in [2.75, 3.05) is 0 Å². The van der Waals surface area contributed by atoms with Crippen LogP contribution in [0.15, 0.2) is 170 Å². The Balaban J connectivity index is 1.20. The molecule has 0 saturated heterocycles. The highest BCUT2D eigenvalue weighted by Crippen LogP contribution is 2.44. The van der Waals surface area contributed by atoms with Crippen molar-refractivity contribution >= 4 is 115 Å². The van der Waals surface area contributed by atoms with Crippen LogP contribution in [0.2, 0.25) is 0 Å². The molecule has 60 heavy (non-hydrogen) atoms. The molecule has 5 aromatic heterocycles. The van der Waals surface area contributed by atoms with Gasteiger partial charge in [0, 0.05) is 58.2 Å². The van der Waals surface area contributed by atoms with E-state index in [9.17, 15) is 0 Å². The van der Waals surface area contributed by atoms with Crippen LogP contribution < -0.4 is 5.22 Å². The summed E-state index contributed by atoms with van der Waals surface area (Å²) in [4.78, 5) is 11.2. The molecule has 5 heteroatoms. The van der Waals surface area contributed by atoms with Gasteiger partial charge >= 0.3 is 0 Å². The van der Waals surface area contributed by atoms with Gasteiger partial charge in [-0.15, -0.1) is 11.3 Å². The molecule has 0 bridgehead atoms. The molecule has 0 spiro atoms. The van der Waals surface area contributed by atoms with Gasteiger partial charge in [-0.25, -0.2) is 9.97 Å². The number of fused-ring (bicyclic) bond motifs is 10. The molecule has 5 heterocycles. The maximum absolute atomic E-state index is 5.62. The summed E-state index contributed by atoms with van der Waals surface area (Å²) in [5, 5.41) is 11.5.